The van der Waals surface area contributed by atoms with E-state index >= 15 is 0 Å². The maximum absolute atomic E-state index is 4.09. The van der Waals surface area contributed by atoms with E-state index in [1.165, 1.54) is 5.56 Å². The lowest BCUT2D eigenvalue weighted by atomic mass is 10.2. The van der Waals surface area contributed by atoms with Crippen molar-refractivity contribution in [2.45, 2.75) is 5.16 Å². The average Bonchev–Trinajstić information content (AvgIpc) is 3.11. The number of hydrogen-bond donors (Lipinski definition) is 1. The molecule has 0 aliphatic carbocycles. The third-order valence-electron chi connectivity index (χ3n) is 3.32. The predicted molar refractivity (Wildman–Crippen MR) is 105 cm³/mol. The first-order chi connectivity index (χ1) is 11.9. The molecular formula is C18H20ClN5S. The van der Waals surface area contributed by atoms with Gasteiger partial charge in [-0.05, 0) is 28.1 Å². The quantitative estimate of drug-likeness (QED) is 0.484. The van der Waals surface area contributed by atoms with E-state index in [1.54, 1.807) is 16.4 Å². The topological polar surface area (TPSA) is 55.6 Å². The molecule has 0 radical (unpaired) electrons. The Morgan fingerprint density at radius 3 is 2.48 bits per heavy atom. The molecular weight excluding hydrogens is 354 g/mol. The standard InChI is InChI=1S/C18H19N5S.ClH/c1-3-8-16(9-4-1)10-7-13-19-14-15-24-18-20-21-22-23(18)17-11-5-2-6-12-17;/h1-12,19H,13-15H2;1H. The summed E-state index contributed by atoms with van der Waals surface area (Å²) in [5.41, 5.74) is 2.19. The highest BCUT2D eigenvalue weighted by Crippen LogP contribution is 2.17. The molecule has 1 heterocycles. The maximum Gasteiger partial charge on any atom is 0.214 e. The van der Waals surface area contributed by atoms with Crippen molar-refractivity contribution in [1.29, 1.82) is 0 Å². The highest BCUT2D eigenvalue weighted by molar-refractivity contribution is 7.99. The van der Waals surface area contributed by atoms with Gasteiger partial charge in [0.2, 0.25) is 5.16 Å². The number of halogens is 1. The van der Waals surface area contributed by atoms with E-state index in [1.807, 2.05) is 48.5 Å². The van der Waals surface area contributed by atoms with E-state index in [4.69, 9.17) is 0 Å². The zero-order chi connectivity index (χ0) is 16.5. The highest BCUT2D eigenvalue weighted by atomic mass is 35.5. The van der Waals surface area contributed by atoms with Gasteiger partial charge >= 0.3 is 0 Å². The van der Waals surface area contributed by atoms with Crippen molar-refractivity contribution in [2.75, 3.05) is 18.8 Å². The van der Waals surface area contributed by atoms with Crippen LogP contribution in [0.25, 0.3) is 11.8 Å². The van der Waals surface area contributed by atoms with E-state index in [9.17, 15) is 0 Å². The third kappa shape index (κ3) is 6.01. The molecule has 3 aromatic rings. The lowest BCUT2D eigenvalue weighted by Gasteiger charge is -2.04. The molecule has 5 nitrogen and oxygen atoms in total. The van der Waals surface area contributed by atoms with E-state index in [0.29, 0.717) is 0 Å². The van der Waals surface area contributed by atoms with Crippen molar-refractivity contribution in [3.05, 3.63) is 72.3 Å². The number of nitrogens with one attached hydrogen (secondary N) is 1. The summed E-state index contributed by atoms with van der Waals surface area (Å²) < 4.78 is 1.76. The Morgan fingerprint density at radius 2 is 1.72 bits per heavy atom. The van der Waals surface area contributed by atoms with Crippen LogP contribution >= 0.6 is 24.2 Å². The summed E-state index contributed by atoms with van der Waals surface area (Å²) in [5, 5.41) is 16.1. The summed E-state index contributed by atoms with van der Waals surface area (Å²) in [5.74, 6) is 0.909. The second-order valence-electron chi connectivity index (χ2n) is 5.07. The number of hydrogen-bond acceptors (Lipinski definition) is 5. The van der Waals surface area contributed by atoms with Crippen LogP contribution in [-0.4, -0.2) is 39.0 Å². The summed E-state index contributed by atoms with van der Waals surface area (Å²) in [6, 6.07) is 20.2. The summed E-state index contributed by atoms with van der Waals surface area (Å²) in [7, 11) is 0. The minimum Gasteiger partial charge on any atom is -0.312 e. The molecule has 0 spiro atoms. The van der Waals surface area contributed by atoms with Gasteiger partial charge in [0.05, 0.1) is 5.69 Å². The van der Waals surface area contributed by atoms with Crippen LogP contribution in [0.4, 0.5) is 0 Å². The van der Waals surface area contributed by atoms with Crippen molar-refractivity contribution < 1.29 is 0 Å². The van der Waals surface area contributed by atoms with Gasteiger partial charge in [-0.2, -0.15) is 4.68 Å². The molecule has 0 atom stereocenters. The van der Waals surface area contributed by atoms with Crippen LogP contribution in [-0.2, 0) is 0 Å². The molecule has 0 aliphatic heterocycles. The zero-order valence-corrected chi connectivity index (χ0v) is 15.3. The fraction of sp³-hybridized carbons (Fsp3) is 0.167. The van der Waals surface area contributed by atoms with Gasteiger partial charge < -0.3 is 5.32 Å². The molecule has 0 saturated heterocycles. The Labute approximate surface area is 157 Å². The molecule has 0 amide bonds. The number of thioether (sulfide) groups is 1. The van der Waals surface area contributed by atoms with Gasteiger partial charge in [0.15, 0.2) is 0 Å². The molecule has 0 unspecified atom stereocenters. The van der Waals surface area contributed by atoms with Crippen LogP contribution in [0.15, 0.2) is 71.9 Å². The second kappa shape index (κ2) is 10.7. The first-order valence-corrected chi connectivity index (χ1v) is 8.81. The van der Waals surface area contributed by atoms with Gasteiger partial charge in [-0.25, -0.2) is 0 Å². The molecule has 2 aromatic carbocycles. The van der Waals surface area contributed by atoms with Crippen molar-refractivity contribution in [1.82, 2.24) is 25.5 Å². The largest absolute Gasteiger partial charge is 0.312 e. The van der Waals surface area contributed by atoms with E-state index in [2.05, 4.69) is 45.1 Å². The lowest BCUT2D eigenvalue weighted by molar-refractivity contribution is 0.754. The van der Waals surface area contributed by atoms with Crippen LogP contribution in [0.5, 0.6) is 0 Å². The van der Waals surface area contributed by atoms with E-state index < -0.39 is 0 Å². The Bertz CT molecular complexity index is 761. The van der Waals surface area contributed by atoms with Crippen molar-refractivity contribution in [3.8, 4) is 5.69 Å². The van der Waals surface area contributed by atoms with Gasteiger partial charge in [0.25, 0.3) is 0 Å². The van der Waals surface area contributed by atoms with Crippen LogP contribution in [0.3, 0.4) is 0 Å². The van der Waals surface area contributed by atoms with Crippen LogP contribution in [0.2, 0.25) is 0 Å². The first-order valence-electron chi connectivity index (χ1n) is 7.82. The summed E-state index contributed by atoms with van der Waals surface area (Å²) in [4.78, 5) is 0. The Hall–Kier alpha value is -2.15. The van der Waals surface area contributed by atoms with Crippen LogP contribution < -0.4 is 5.32 Å². The van der Waals surface area contributed by atoms with Crippen molar-refractivity contribution in [2.24, 2.45) is 0 Å². The Balaban J connectivity index is 0.00000225. The third-order valence-corrected chi connectivity index (χ3v) is 4.24. The second-order valence-corrected chi connectivity index (χ2v) is 6.14. The summed E-state index contributed by atoms with van der Waals surface area (Å²) in [6.45, 7) is 1.74. The number of nitrogens with zero attached hydrogens (tertiary/aromatic N) is 4. The number of para-hydroxylation sites is 1. The van der Waals surface area contributed by atoms with Crippen LogP contribution in [0.1, 0.15) is 5.56 Å². The van der Waals surface area contributed by atoms with Gasteiger partial charge in [-0.3, -0.25) is 0 Å². The molecule has 3 rings (SSSR count). The van der Waals surface area contributed by atoms with Gasteiger partial charge in [0, 0.05) is 18.8 Å². The SMILES string of the molecule is C(=Cc1ccccc1)CNCCSc1nnnn1-c1ccccc1.Cl. The maximum atomic E-state index is 4.09. The normalized spacial score (nSPS) is 10.7. The monoisotopic (exact) mass is 373 g/mol. The molecule has 1 aromatic heterocycles. The molecule has 1 N–H and O–H groups in total. The Kier molecular flexibility index (Phi) is 8.18. The molecule has 0 saturated carbocycles. The minimum absolute atomic E-state index is 0. The smallest absolute Gasteiger partial charge is 0.214 e. The first kappa shape index (κ1) is 19.2. The van der Waals surface area contributed by atoms with Crippen molar-refractivity contribution >= 4 is 30.2 Å². The molecule has 25 heavy (non-hydrogen) atoms. The van der Waals surface area contributed by atoms with Crippen molar-refractivity contribution in [3.63, 3.8) is 0 Å². The Morgan fingerprint density at radius 1 is 1.00 bits per heavy atom. The zero-order valence-electron chi connectivity index (χ0n) is 13.7. The van der Waals surface area contributed by atoms with Gasteiger partial charge in [-0.1, -0.05) is 72.4 Å². The van der Waals surface area contributed by atoms with Gasteiger partial charge in [0.1, 0.15) is 0 Å². The molecule has 0 fully saturated rings. The van der Waals surface area contributed by atoms with Crippen LogP contribution in [0, 0.1) is 0 Å². The van der Waals surface area contributed by atoms with E-state index in [0.717, 1.165) is 29.7 Å². The molecule has 130 valence electrons. The summed E-state index contributed by atoms with van der Waals surface area (Å²) in [6.07, 6.45) is 4.25. The number of tetrazole rings is 1. The number of benzene rings is 2. The fourth-order valence-corrected chi connectivity index (χ4v) is 2.95. The number of rotatable bonds is 8. The molecule has 0 bridgehead atoms. The minimum atomic E-state index is 0. The summed E-state index contributed by atoms with van der Waals surface area (Å²) >= 11 is 1.64. The highest BCUT2D eigenvalue weighted by Gasteiger charge is 2.07. The molecule has 7 heteroatoms. The average molecular weight is 374 g/mol. The van der Waals surface area contributed by atoms with Gasteiger partial charge in [-0.15, -0.1) is 17.5 Å². The lowest BCUT2D eigenvalue weighted by Crippen LogP contribution is -2.17. The van der Waals surface area contributed by atoms with E-state index in [-0.39, 0.29) is 12.4 Å². The predicted octanol–water partition coefficient (Wildman–Crippen LogP) is 3.48. The molecule has 0 aliphatic rings. The fourth-order valence-electron chi connectivity index (χ4n) is 2.16. The number of aromatic nitrogens is 4.